The van der Waals surface area contributed by atoms with Crippen LogP contribution in [-0.2, 0) is 11.3 Å². The zero-order chi connectivity index (χ0) is 11.0. The minimum absolute atomic E-state index is 0.226. The van der Waals surface area contributed by atoms with Crippen LogP contribution in [0.2, 0.25) is 0 Å². The molecule has 4 heteroatoms. The molecule has 4 nitrogen and oxygen atoms in total. The summed E-state index contributed by atoms with van der Waals surface area (Å²) in [6.45, 7) is 0.528. The van der Waals surface area contributed by atoms with Crippen LogP contribution in [0.25, 0.3) is 0 Å². The average molecular weight is 219 g/mol. The van der Waals surface area contributed by atoms with E-state index in [0.29, 0.717) is 12.5 Å². The first-order chi connectivity index (χ1) is 7.83. The van der Waals surface area contributed by atoms with E-state index in [1.54, 1.807) is 12.4 Å². The topological polar surface area (TPSA) is 57.8 Å². The second-order valence-electron chi connectivity index (χ2n) is 5.04. The van der Waals surface area contributed by atoms with E-state index in [2.05, 4.69) is 15.3 Å². The van der Waals surface area contributed by atoms with Gasteiger partial charge in [0, 0.05) is 18.3 Å². The molecule has 2 aliphatic carbocycles. The molecule has 3 rings (SSSR count). The maximum atomic E-state index is 12.0. The van der Waals surface area contributed by atoms with E-state index in [9.17, 15) is 4.79 Å². The number of fused-ring (bicyclic) bond motifs is 2. The minimum atomic E-state index is 0.226. The lowest BCUT2D eigenvalue weighted by atomic mass is 9.88. The molecule has 0 aliphatic heterocycles. The number of aromatic nitrogens is 2. The van der Waals surface area contributed by atoms with Crippen LogP contribution in [0.4, 0.5) is 0 Å². The molecule has 86 valence electrons. The molecule has 1 aromatic heterocycles. The molecule has 2 N–H and O–H groups in total. The van der Waals surface area contributed by atoms with Crippen LogP contribution in [0.5, 0.6) is 0 Å². The lowest BCUT2D eigenvalue weighted by Gasteiger charge is -2.20. The molecule has 2 saturated carbocycles. The summed E-state index contributed by atoms with van der Waals surface area (Å²) in [5.41, 5.74) is 0. The van der Waals surface area contributed by atoms with Gasteiger partial charge < -0.3 is 10.3 Å². The predicted octanol–water partition coefficient (Wildman–Crippen LogP) is 1.46. The van der Waals surface area contributed by atoms with E-state index in [1.807, 2.05) is 0 Å². The van der Waals surface area contributed by atoms with E-state index < -0.39 is 0 Å². The van der Waals surface area contributed by atoms with Gasteiger partial charge in [0.1, 0.15) is 5.82 Å². The van der Waals surface area contributed by atoms with E-state index in [-0.39, 0.29) is 11.8 Å². The maximum absolute atomic E-state index is 12.0. The minimum Gasteiger partial charge on any atom is -0.349 e. The molecule has 3 unspecified atom stereocenters. The second kappa shape index (κ2) is 3.92. The van der Waals surface area contributed by atoms with Crippen molar-refractivity contribution in [2.75, 3.05) is 0 Å². The summed E-state index contributed by atoms with van der Waals surface area (Å²) < 4.78 is 0. The van der Waals surface area contributed by atoms with E-state index in [4.69, 9.17) is 0 Å². The Labute approximate surface area is 94.8 Å². The van der Waals surface area contributed by atoms with Gasteiger partial charge in [-0.25, -0.2) is 4.98 Å². The SMILES string of the molecule is O=C(NCc1ncc[nH]1)C1CC2CCC1C2. The molecule has 0 radical (unpaired) electrons. The summed E-state index contributed by atoms with van der Waals surface area (Å²) in [4.78, 5) is 19.1. The van der Waals surface area contributed by atoms with Gasteiger partial charge in [-0.05, 0) is 31.1 Å². The lowest BCUT2D eigenvalue weighted by Crippen LogP contribution is -2.33. The first-order valence-corrected chi connectivity index (χ1v) is 6.09. The molecule has 1 heterocycles. The number of hydrogen-bond acceptors (Lipinski definition) is 2. The molecule has 2 aliphatic rings. The normalized spacial score (nSPS) is 31.9. The summed E-state index contributed by atoms with van der Waals surface area (Å²) in [7, 11) is 0. The highest BCUT2D eigenvalue weighted by Crippen LogP contribution is 2.48. The van der Waals surface area contributed by atoms with Crippen LogP contribution in [0, 0.1) is 17.8 Å². The monoisotopic (exact) mass is 219 g/mol. The van der Waals surface area contributed by atoms with Gasteiger partial charge >= 0.3 is 0 Å². The standard InChI is InChI=1S/C12H17N3O/c16-12(15-7-11-13-3-4-14-11)10-6-8-1-2-9(10)5-8/h3-4,8-10H,1-2,5-7H2,(H,13,14)(H,15,16). The van der Waals surface area contributed by atoms with Crippen LogP contribution >= 0.6 is 0 Å². The van der Waals surface area contributed by atoms with E-state index in [0.717, 1.165) is 18.2 Å². The van der Waals surface area contributed by atoms with Gasteiger partial charge in [-0.15, -0.1) is 0 Å². The predicted molar refractivity (Wildman–Crippen MR) is 59.4 cm³/mol. The summed E-state index contributed by atoms with van der Waals surface area (Å²) >= 11 is 0. The molecule has 0 spiro atoms. The number of imidazole rings is 1. The first-order valence-electron chi connectivity index (χ1n) is 6.09. The summed E-state index contributed by atoms with van der Waals surface area (Å²) in [5, 5.41) is 2.98. The van der Waals surface area contributed by atoms with Crippen LogP contribution in [0.3, 0.4) is 0 Å². The Morgan fingerprint density at radius 2 is 2.44 bits per heavy atom. The fourth-order valence-corrected chi connectivity index (χ4v) is 3.26. The molecule has 2 bridgehead atoms. The number of H-pyrrole nitrogens is 1. The van der Waals surface area contributed by atoms with Crippen molar-refractivity contribution >= 4 is 5.91 Å². The zero-order valence-electron chi connectivity index (χ0n) is 9.28. The quantitative estimate of drug-likeness (QED) is 0.808. The third kappa shape index (κ3) is 1.72. The molecule has 1 amide bonds. The number of aromatic amines is 1. The highest BCUT2D eigenvalue weighted by Gasteiger charge is 2.42. The van der Waals surface area contributed by atoms with Gasteiger partial charge in [-0.2, -0.15) is 0 Å². The number of amides is 1. The number of hydrogen-bond donors (Lipinski definition) is 2. The van der Waals surface area contributed by atoms with Crippen LogP contribution in [0.15, 0.2) is 12.4 Å². The van der Waals surface area contributed by atoms with Crippen molar-refractivity contribution in [2.24, 2.45) is 17.8 Å². The first kappa shape index (κ1) is 9.87. The van der Waals surface area contributed by atoms with E-state index in [1.165, 1.54) is 19.3 Å². The number of carbonyl (C=O) groups excluding carboxylic acids is 1. The van der Waals surface area contributed by atoms with Crippen molar-refractivity contribution in [3.05, 3.63) is 18.2 Å². The Hall–Kier alpha value is -1.32. The van der Waals surface area contributed by atoms with Gasteiger partial charge in [0.05, 0.1) is 6.54 Å². The van der Waals surface area contributed by atoms with Crippen molar-refractivity contribution < 1.29 is 4.79 Å². The van der Waals surface area contributed by atoms with Gasteiger partial charge in [0.2, 0.25) is 5.91 Å². The molecule has 16 heavy (non-hydrogen) atoms. The number of nitrogens with zero attached hydrogens (tertiary/aromatic N) is 1. The van der Waals surface area contributed by atoms with Gasteiger partial charge in [0.15, 0.2) is 0 Å². The van der Waals surface area contributed by atoms with Crippen molar-refractivity contribution in [3.63, 3.8) is 0 Å². The molecule has 1 aromatic rings. The molecule has 0 aromatic carbocycles. The van der Waals surface area contributed by atoms with Crippen molar-refractivity contribution in [3.8, 4) is 0 Å². The van der Waals surface area contributed by atoms with Gasteiger partial charge in [-0.1, -0.05) is 6.42 Å². The molecule has 3 atom stereocenters. The molecular weight excluding hydrogens is 202 g/mol. The highest BCUT2D eigenvalue weighted by atomic mass is 16.1. The summed E-state index contributed by atoms with van der Waals surface area (Å²) in [6.07, 6.45) is 8.46. The third-order valence-corrected chi connectivity index (χ3v) is 4.06. The fourth-order valence-electron chi connectivity index (χ4n) is 3.26. The maximum Gasteiger partial charge on any atom is 0.223 e. The lowest BCUT2D eigenvalue weighted by molar-refractivity contribution is -0.126. The van der Waals surface area contributed by atoms with Crippen LogP contribution in [0.1, 0.15) is 31.5 Å². The number of carbonyl (C=O) groups is 1. The molecule has 0 saturated heterocycles. The van der Waals surface area contributed by atoms with E-state index >= 15 is 0 Å². The van der Waals surface area contributed by atoms with Crippen molar-refractivity contribution in [1.82, 2.24) is 15.3 Å². The van der Waals surface area contributed by atoms with Gasteiger partial charge in [0.25, 0.3) is 0 Å². The Balaban J connectivity index is 1.54. The van der Waals surface area contributed by atoms with Crippen molar-refractivity contribution in [1.29, 1.82) is 0 Å². The second-order valence-corrected chi connectivity index (χ2v) is 5.04. The summed E-state index contributed by atoms with van der Waals surface area (Å²) in [6, 6.07) is 0. The Bertz CT molecular complexity index is 374. The van der Waals surface area contributed by atoms with Gasteiger partial charge in [-0.3, -0.25) is 4.79 Å². The highest BCUT2D eigenvalue weighted by molar-refractivity contribution is 5.79. The Morgan fingerprint density at radius 3 is 3.06 bits per heavy atom. The molecule has 2 fully saturated rings. The third-order valence-electron chi connectivity index (χ3n) is 4.06. The van der Waals surface area contributed by atoms with Crippen LogP contribution < -0.4 is 5.32 Å². The van der Waals surface area contributed by atoms with Crippen LogP contribution in [-0.4, -0.2) is 15.9 Å². The smallest absolute Gasteiger partial charge is 0.223 e. The number of rotatable bonds is 3. The zero-order valence-corrected chi connectivity index (χ0v) is 9.28. The Morgan fingerprint density at radius 1 is 1.50 bits per heavy atom. The summed E-state index contributed by atoms with van der Waals surface area (Å²) in [5.74, 6) is 2.81. The largest absolute Gasteiger partial charge is 0.349 e. The van der Waals surface area contributed by atoms with Crippen molar-refractivity contribution in [2.45, 2.75) is 32.2 Å². The number of nitrogens with one attached hydrogen (secondary N) is 2. The Kier molecular flexibility index (Phi) is 2.42. The molecular formula is C12H17N3O. The average Bonchev–Trinajstić information content (AvgIpc) is 3.01. The fraction of sp³-hybridized carbons (Fsp3) is 0.667.